The summed E-state index contributed by atoms with van der Waals surface area (Å²) in [6.45, 7) is 5.63. The van der Waals surface area contributed by atoms with Gasteiger partial charge >= 0.3 is 6.09 Å². The highest BCUT2D eigenvalue weighted by Gasteiger charge is 2.25. The van der Waals surface area contributed by atoms with E-state index in [0.717, 1.165) is 4.90 Å². The maximum Gasteiger partial charge on any atom is 0.411 e. The fourth-order valence-electron chi connectivity index (χ4n) is 3.24. The van der Waals surface area contributed by atoms with Crippen molar-refractivity contribution in [1.82, 2.24) is 14.8 Å². The summed E-state index contributed by atoms with van der Waals surface area (Å²) >= 11 is 9.51. The molecule has 0 aliphatic carbocycles. The number of halogens is 2. The molecular weight excluding hydrogens is 512 g/mol. The van der Waals surface area contributed by atoms with Crippen molar-refractivity contribution in [3.63, 3.8) is 0 Å². The Labute approximate surface area is 203 Å². The van der Waals surface area contributed by atoms with Crippen LogP contribution in [0.5, 0.6) is 0 Å². The Balaban J connectivity index is 2.10. The van der Waals surface area contributed by atoms with Crippen LogP contribution in [0.15, 0.2) is 41.1 Å². The van der Waals surface area contributed by atoms with E-state index < -0.39 is 12.0 Å². The van der Waals surface area contributed by atoms with Crippen LogP contribution in [0.3, 0.4) is 0 Å². The Kier molecular flexibility index (Phi) is 7.36. The van der Waals surface area contributed by atoms with Gasteiger partial charge in [-0.2, -0.15) is 10.4 Å². The van der Waals surface area contributed by atoms with Gasteiger partial charge < -0.3 is 10.4 Å². The normalized spacial score (nSPS) is 10.7. The summed E-state index contributed by atoms with van der Waals surface area (Å²) in [5.41, 5.74) is 1.43. The van der Waals surface area contributed by atoms with E-state index in [9.17, 15) is 20.0 Å². The zero-order valence-electron chi connectivity index (χ0n) is 18.0. The molecule has 0 unspecified atom stereocenters. The van der Waals surface area contributed by atoms with E-state index in [1.165, 1.54) is 23.0 Å². The molecule has 2 N–H and O–H groups in total. The molecule has 0 aliphatic rings. The Hall–Kier alpha value is -3.42. The predicted octanol–water partition coefficient (Wildman–Crippen LogP) is 5.26. The number of carbonyl (C=O) groups is 2. The number of benzene rings is 1. The maximum absolute atomic E-state index is 13.3. The minimum Gasteiger partial charge on any atom is -0.465 e. The Morgan fingerprint density at radius 2 is 2.09 bits per heavy atom. The summed E-state index contributed by atoms with van der Waals surface area (Å²) in [4.78, 5) is 30.7. The zero-order chi connectivity index (χ0) is 24.3. The molecule has 0 spiro atoms. The van der Waals surface area contributed by atoms with Gasteiger partial charge in [-0.05, 0) is 58.6 Å². The molecule has 9 nitrogen and oxygen atoms in total. The minimum absolute atomic E-state index is 0.0133. The van der Waals surface area contributed by atoms with E-state index in [4.69, 9.17) is 11.6 Å². The molecule has 170 valence electrons. The van der Waals surface area contributed by atoms with Crippen LogP contribution in [0.2, 0.25) is 5.02 Å². The second kappa shape index (κ2) is 10.0. The van der Waals surface area contributed by atoms with Crippen molar-refractivity contribution in [3.8, 4) is 11.9 Å². The highest BCUT2D eigenvalue weighted by molar-refractivity contribution is 9.10. The third-order valence-electron chi connectivity index (χ3n) is 4.60. The van der Waals surface area contributed by atoms with Crippen molar-refractivity contribution in [2.45, 2.75) is 20.8 Å². The number of pyridine rings is 1. The summed E-state index contributed by atoms with van der Waals surface area (Å²) in [5.74, 6) is -0.281. The number of amides is 2. The number of aryl methyl sites for hydroxylation is 1. The number of carboxylic acid groups (broad SMARTS) is 1. The average molecular weight is 532 g/mol. The molecule has 0 fully saturated rings. The minimum atomic E-state index is -1.19. The van der Waals surface area contributed by atoms with E-state index in [0.29, 0.717) is 15.2 Å². The number of nitrogens with zero attached hydrogens (tertiary/aromatic N) is 5. The van der Waals surface area contributed by atoms with E-state index in [2.05, 4.69) is 31.3 Å². The Morgan fingerprint density at radius 1 is 1.36 bits per heavy atom. The summed E-state index contributed by atoms with van der Waals surface area (Å²) < 4.78 is 1.68. The molecule has 0 atom stereocenters. The molecule has 33 heavy (non-hydrogen) atoms. The molecule has 0 saturated carbocycles. The molecule has 0 aliphatic heterocycles. The van der Waals surface area contributed by atoms with E-state index >= 15 is 0 Å². The van der Waals surface area contributed by atoms with Gasteiger partial charge in [-0.15, -0.1) is 0 Å². The van der Waals surface area contributed by atoms with Gasteiger partial charge in [0.05, 0.1) is 28.0 Å². The third-order valence-corrected chi connectivity index (χ3v) is 5.29. The number of nitriles is 1. The number of hydrogen-bond acceptors (Lipinski definition) is 5. The third kappa shape index (κ3) is 5.32. The number of nitrogens with one attached hydrogen (secondary N) is 1. The Bertz CT molecular complexity index is 1270. The molecule has 11 heteroatoms. The van der Waals surface area contributed by atoms with Crippen molar-refractivity contribution in [1.29, 1.82) is 5.26 Å². The van der Waals surface area contributed by atoms with Crippen molar-refractivity contribution < 1.29 is 14.7 Å². The molecule has 2 aromatic heterocycles. The number of hydrogen-bond donors (Lipinski definition) is 2. The average Bonchev–Trinajstić information content (AvgIpc) is 3.14. The first kappa shape index (κ1) is 24.2. The van der Waals surface area contributed by atoms with Crippen molar-refractivity contribution in [2.75, 3.05) is 16.8 Å². The molecule has 3 rings (SSSR count). The molecule has 2 amide bonds. The van der Waals surface area contributed by atoms with Crippen LogP contribution in [-0.4, -0.2) is 38.4 Å². The fraction of sp³-hybridized carbons (Fsp3) is 0.227. The summed E-state index contributed by atoms with van der Waals surface area (Å²) in [5, 5.41) is 26.6. The topological polar surface area (TPSA) is 124 Å². The van der Waals surface area contributed by atoms with Gasteiger partial charge in [0.25, 0.3) is 5.91 Å². The van der Waals surface area contributed by atoms with Crippen LogP contribution < -0.4 is 10.2 Å². The molecule has 1 aromatic carbocycles. The van der Waals surface area contributed by atoms with Crippen LogP contribution in [0.1, 0.15) is 35.5 Å². The van der Waals surface area contributed by atoms with Gasteiger partial charge in [0.15, 0.2) is 5.82 Å². The lowest BCUT2D eigenvalue weighted by Crippen LogP contribution is -2.34. The van der Waals surface area contributed by atoms with Gasteiger partial charge in [-0.25, -0.2) is 14.5 Å². The number of aromatic nitrogens is 3. The van der Waals surface area contributed by atoms with Crippen molar-refractivity contribution in [2.24, 2.45) is 5.92 Å². The fourth-order valence-corrected chi connectivity index (χ4v) is 3.82. The monoisotopic (exact) mass is 530 g/mol. The maximum atomic E-state index is 13.3. The van der Waals surface area contributed by atoms with Crippen LogP contribution in [0.4, 0.5) is 16.2 Å². The molecule has 3 aromatic rings. The SMILES string of the molecule is Cc1cc(C#N)cc(N(CC(C)C)C(=O)O)c1NC(=O)c1cc(Br)nn1-c1ncccc1Cl. The molecular formula is C22H20BrClN6O3. The summed E-state index contributed by atoms with van der Waals surface area (Å²) in [6.07, 6.45) is 0.333. The van der Waals surface area contributed by atoms with Crippen LogP contribution in [0.25, 0.3) is 5.82 Å². The smallest absolute Gasteiger partial charge is 0.411 e. The zero-order valence-corrected chi connectivity index (χ0v) is 20.3. The summed E-state index contributed by atoms with van der Waals surface area (Å²) in [7, 11) is 0. The van der Waals surface area contributed by atoms with Gasteiger partial charge in [0.2, 0.25) is 0 Å². The standard InChI is InChI=1S/C22H20BrClN6O3/c1-12(2)11-29(22(32)33)16-8-14(10-25)7-13(3)19(16)27-21(31)17-9-18(23)28-30(17)20-15(24)5-4-6-26-20/h4-9,12H,11H2,1-3H3,(H,27,31)(H,32,33). The number of anilines is 2. The van der Waals surface area contributed by atoms with Crippen molar-refractivity contribution in [3.05, 3.63) is 63.0 Å². The quantitative estimate of drug-likeness (QED) is 0.447. The lowest BCUT2D eigenvalue weighted by Gasteiger charge is -2.25. The second-order valence-corrected chi connectivity index (χ2v) is 8.83. The largest absolute Gasteiger partial charge is 0.465 e. The first-order valence-electron chi connectivity index (χ1n) is 9.85. The first-order chi connectivity index (χ1) is 15.6. The molecule has 0 bridgehead atoms. The number of rotatable bonds is 6. The van der Waals surface area contributed by atoms with Crippen LogP contribution in [-0.2, 0) is 0 Å². The van der Waals surface area contributed by atoms with Gasteiger partial charge in [0, 0.05) is 18.8 Å². The second-order valence-electron chi connectivity index (χ2n) is 7.61. The van der Waals surface area contributed by atoms with Crippen molar-refractivity contribution >= 4 is 50.9 Å². The van der Waals surface area contributed by atoms with E-state index in [1.54, 1.807) is 25.1 Å². The highest BCUT2D eigenvalue weighted by Crippen LogP contribution is 2.33. The first-order valence-corrected chi connectivity index (χ1v) is 11.0. The Morgan fingerprint density at radius 3 is 2.70 bits per heavy atom. The number of carbonyl (C=O) groups excluding carboxylic acids is 1. The van der Waals surface area contributed by atoms with Crippen LogP contribution >= 0.6 is 27.5 Å². The highest BCUT2D eigenvalue weighted by atomic mass is 79.9. The van der Waals surface area contributed by atoms with Gasteiger partial charge in [-0.1, -0.05) is 25.4 Å². The van der Waals surface area contributed by atoms with E-state index in [-0.39, 0.29) is 40.9 Å². The molecule has 2 heterocycles. The summed E-state index contributed by atoms with van der Waals surface area (Å²) in [6, 6.07) is 9.85. The van der Waals surface area contributed by atoms with Gasteiger partial charge in [0.1, 0.15) is 10.3 Å². The molecule has 0 saturated heterocycles. The van der Waals surface area contributed by atoms with Crippen LogP contribution in [0, 0.1) is 24.2 Å². The molecule has 0 radical (unpaired) electrons. The lowest BCUT2D eigenvalue weighted by molar-refractivity contribution is 0.101. The van der Waals surface area contributed by atoms with Gasteiger partial charge in [-0.3, -0.25) is 9.69 Å². The van der Waals surface area contributed by atoms with E-state index in [1.807, 2.05) is 19.9 Å². The lowest BCUT2D eigenvalue weighted by atomic mass is 10.1. The predicted molar refractivity (Wildman–Crippen MR) is 128 cm³/mol.